The van der Waals surface area contributed by atoms with Crippen LogP contribution in [0, 0.1) is 23.4 Å². The number of nitrogens with two attached hydrogens (primary N) is 1. The highest BCUT2D eigenvalue weighted by molar-refractivity contribution is 5.85. The first-order valence-electron chi connectivity index (χ1n) is 6.60. The van der Waals surface area contributed by atoms with Gasteiger partial charge in [-0.15, -0.1) is 12.4 Å². The van der Waals surface area contributed by atoms with Crippen LogP contribution in [-0.4, -0.2) is 24.0 Å². The fourth-order valence-corrected chi connectivity index (χ4v) is 2.82. The van der Waals surface area contributed by atoms with Crippen LogP contribution in [0.3, 0.4) is 0 Å². The summed E-state index contributed by atoms with van der Waals surface area (Å²) in [5, 5.41) is 0. The summed E-state index contributed by atoms with van der Waals surface area (Å²) in [6.45, 7) is 3.69. The summed E-state index contributed by atoms with van der Waals surface area (Å²) in [4.78, 5) is 2.06. The van der Waals surface area contributed by atoms with Gasteiger partial charge in [-0.1, -0.05) is 6.92 Å². The second-order valence-corrected chi connectivity index (χ2v) is 5.25. The smallest absolute Gasteiger partial charge is 0.161 e. The summed E-state index contributed by atoms with van der Waals surface area (Å²) in [5.74, 6) is -2.42. The van der Waals surface area contributed by atoms with Gasteiger partial charge in [0.1, 0.15) is 5.82 Å². The van der Waals surface area contributed by atoms with E-state index in [4.69, 9.17) is 5.73 Å². The van der Waals surface area contributed by atoms with Crippen LogP contribution in [0.2, 0.25) is 0 Å². The molecule has 20 heavy (non-hydrogen) atoms. The predicted molar refractivity (Wildman–Crippen MR) is 75.2 cm³/mol. The molecule has 6 heteroatoms. The minimum Gasteiger partial charge on any atom is -0.329 e. The second-order valence-electron chi connectivity index (χ2n) is 5.25. The molecular formula is C14H20ClF3N2. The molecule has 2 atom stereocenters. The molecule has 1 aliphatic heterocycles. The maximum absolute atomic E-state index is 13.6. The molecule has 2 unspecified atom stereocenters. The van der Waals surface area contributed by atoms with Crippen LogP contribution >= 0.6 is 12.4 Å². The molecule has 1 fully saturated rings. The van der Waals surface area contributed by atoms with E-state index in [0.717, 1.165) is 25.5 Å². The molecule has 2 rings (SSSR count). The first-order chi connectivity index (χ1) is 9.02. The Bertz CT molecular complexity index is 456. The normalized spacial score (nSPS) is 23.4. The van der Waals surface area contributed by atoms with E-state index >= 15 is 0 Å². The van der Waals surface area contributed by atoms with Gasteiger partial charge in [-0.05, 0) is 31.4 Å². The molecule has 0 saturated carbocycles. The van der Waals surface area contributed by atoms with Crippen molar-refractivity contribution in [3.63, 3.8) is 0 Å². The number of hydrogen-bond donors (Lipinski definition) is 1. The molecule has 0 radical (unpaired) electrons. The minimum absolute atomic E-state index is 0. The Kier molecular flexibility index (Phi) is 6.30. The highest BCUT2D eigenvalue weighted by Gasteiger charge is 2.28. The number of likely N-dealkylation sites (tertiary alicyclic amines) is 1. The van der Waals surface area contributed by atoms with E-state index < -0.39 is 17.5 Å². The Morgan fingerprint density at radius 1 is 1.20 bits per heavy atom. The topological polar surface area (TPSA) is 29.3 Å². The molecule has 0 spiro atoms. The summed E-state index contributed by atoms with van der Waals surface area (Å²) >= 11 is 0. The number of hydrogen-bond acceptors (Lipinski definition) is 2. The summed E-state index contributed by atoms with van der Waals surface area (Å²) in [5.41, 5.74) is 5.95. The fraction of sp³-hybridized carbons (Fsp3) is 0.571. The summed E-state index contributed by atoms with van der Waals surface area (Å²) < 4.78 is 39.7. The van der Waals surface area contributed by atoms with Crippen molar-refractivity contribution in [3.8, 4) is 0 Å². The SMILES string of the molecule is CC1CCCN(Cc2cc(F)c(F)cc2F)C1CN.Cl. The van der Waals surface area contributed by atoms with Crippen LogP contribution in [0.5, 0.6) is 0 Å². The number of benzene rings is 1. The van der Waals surface area contributed by atoms with Gasteiger partial charge in [-0.25, -0.2) is 13.2 Å². The van der Waals surface area contributed by atoms with Gasteiger partial charge in [0, 0.05) is 30.8 Å². The van der Waals surface area contributed by atoms with E-state index in [1.54, 1.807) is 0 Å². The maximum atomic E-state index is 13.6. The highest BCUT2D eigenvalue weighted by Crippen LogP contribution is 2.25. The monoisotopic (exact) mass is 308 g/mol. The van der Waals surface area contributed by atoms with E-state index in [-0.39, 0.29) is 30.6 Å². The first-order valence-corrected chi connectivity index (χ1v) is 6.60. The van der Waals surface area contributed by atoms with Gasteiger partial charge >= 0.3 is 0 Å². The van der Waals surface area contributed by atoms with Crippen LogP contribution in [0.1, 0.15) is 25.3 Å². The van der Waals surface area contributed by atoms with Gasteiger partial charge in [0.2, 0.25) is 0 Å². The standard InChI is InChI=1S/C14H19F3N2.ClH/c1-9-3-2-4-19(14(9)7-18)8-10-5-12(16)13(17)6-11(10)15;/h5-6,9,14H,2-4,7-8,18H2,1H3;1H. The van der Waals surface area contributed by atoms with E-state index in [1.165, 1.54) is 0 Å². The van der Waals surface area contributed by atoms with Crippen molar-refractivity contribution >= 4 is 12.4 Å². The molecule has 1 aromatic carbocycles. The van der Waals surface area contributed by atoms with Gasteiger partial charge in [0.15, 0.2) is 11.6 Å². The quantitative estimate of drug-likeness (QED) is 0.870. The van der Waals surface area contributed by atoms with Gasteiger partial charge in [0.05, 0.1) is 0 Å². The molecule has 2 nitrogen and oxygen atoms in total. The van der Waals surface area contributed by atoms with Crippen LogP contribution in [0.4, 0.5) is 13.2 Å². The number of rotatable bonds is 3. The molecule has 0 aliphatic carbocycles. The van der Waals surface area contributed by atoms with Crippen molar-refractivity contribution in [2.45, 2.75) is 32.4 Å². The second kappa shape index (κ2) is 7.29. The largest absolute Gasteiger partial charge is 0.329 e. The molecule has 1 heterocycles. The van der Waals surface area contributed by atoms with Crippen molar-refractivity contribution in [3.05, 3.63) is 35.1 Å². The number of halogens is 4. The summed E-state index contributed by atoms with van der Waals surface area (Å²) in [6, 6.07) is 1.72. The van der Waals surface area contributed by atoms with Gasteiger partial charge in [0.25, 0.3) is 0 Å². The van der Waals surface area contributed by atoms with Crippen molar-refractivity contribution in [2.75, 3.05) is 13.1 Å². The third kappa shape index (κ3) is 3.65. The first kappa shape index (κ1) is 17.3. The Morgan fingerprint density at radius 2 is 1.85 bits per heavy atom. The summed E-state index contributed by atoms with van der Waals surface area (Å²) in [6.07, 6.45) is 2.11. The molecule has 0 bridgehead atoms. The molecule has 2 N–H and O–H groups in total. The fourth-order valence-electron chi connectivity index (χ4n) is 2.82. The van der Waals surface area contributed by atoms with Crippen molar-refractivity contribution in [2.24, 2.45) is 11.7 Å². The maximum Gasteiger partial charge on any atom is 0.161 e. The lowest BCUT2D eigenvalue weighted by atomic mass is 9.90. The molecule has 1 aromatic rings. The lowest BCUT2D eigenvalue weighted by Gasteiger charge is -2.39. The van der Waals surface area contributed by atoms with Crippen LogP contribution in [0.15, 0.2) is 12.1 Å². The van der Waals surface area contributed by atoms with Crippen molar-refractivity contribution < 1.29 is 13.2 Å². The van der Waals surface area contributed by atoms with E-state index in [9.17, 15) is 13.2 Å². The Balaban J connectivity index is 0.00000200. The predicted octanol–water partition coefficient (Wildman–Crippen LogP) is 3.08. The molecule has 1 saturated heterocycles. The van der Waals surface area contributed by atoms with Crippen molar-refractivity contribution in [1.82, 2.24) is 4.90 Å². The summed E-state index contributed by atoms with van der Waals surface area (Å²) in [7, 11) is 0. The van der Waals surface area contributed by atoms with Crippen molar-refractivity contribution in [1.29, 1.82) is 0 Å². The number of piperidine rings is 1. The lowest BCUT2D eigenvalue weighted by Crippen LogP contribution is -2.48. The van der Waals surface area contributed by atoms with Crippen LogP contribution < -0.4 is 5.73 Å². The van der Waals surface area contributed by atoms with E-state index in [1.807, 2.05) is 0 Å². The van der Waals surface area contributed by atoms with Gasteiger partial charge in [-0.2, -0.15) is 0 Å². The van der Waals surface area contributed by atoms with E-state index in [0.29, 0.717) is 18.5 Å². The van der Waals surface area contributed by atoms with Crippen LogP contribution in [0.25, 0.3) is 0 Å². The van der Waals surface area contributed by atoms with Gasteiger partial charge < -0.3 is 5.73 Å². The zero-order valence-electron chi connectivity index (χ0n) is 11.4. The zero-order chi connectivity index (χ0) is 14.0. The Hall–Kier alpha value is -0.780. The highest BCUT2D eigenvalue weighted by atomic mass is 35.5. The lowest BCUT2D eigenvalue weighted by molar-refractivity contribution is 0.0977. The van der Waals surface area contributed by atoms with Gasteiger partial charge in [-0.3, -0.25) is 4.90 Å². The average Bonchev–Trinajstić information content (AvgIpc) is 2.36. The van der Waals surface area contributed by atoms with Crippen LogP contribution in [-0.2, 0) is 6.54 Å². The Morgan fingerprint density at radius 3 is 2.50 bits per heavy atom. The molecular weight excluding hydrogens is 289 g/mol. The minimum atomic E-state index is -1.15. The third-order valence-electron chi connectivity index (χ3n) is 3.93. The molecule has 0 aromatic heterocycles. The zero-order valence-corrected chi connectivity index (χ0v) is 12.2. The number of nitrogens with zero attached hydrogens (tertiary/aromatic N) is 1. The average molecular weight is 309 g/mol. The third-order valence-corrected chi connectivity index (χ3v) is 3.93. The molecule has 114 valence electrons. The van der Waals surface area contributed by atoms with E-state index in [2.05, 4.69) is 11.8 Å². The Labute approximate surface area is 123 Å². The molecule has 0 amide bonds. The molecule has 1 aliphatic rings.